The maximum Gasteiger partial charge on any atom is 0.271 e. The molecule has 0 unspecified atom stereocenters. The molecule has 0 saturated carbocycles. The summed E-state index contributed by atoms with van der Waals surface area (Å²) < 4.78 is 12.5. The minimum atomic E-state index is -0.626. The molecular weight excluding hydrogens is 504 g/mol. The third-order valence-electron chi connectivity index (χ3n) is 6.07. The summed E-state index contributed by atoms with van der Waals surface area (Å²) in [5.41, 5.74) is 3.21. The van der Waals surface area contributed by atoms with Crippen molar-refractivity contribution >= 4 is 29.5 Å². The highest BCUT2D eigenvalue weighted by atomic mass is 35.5. The molecule has 0 aliphatic carbocycles. The third kappa shape index (κ3) is 5.40. The van der Waals surface area contributed by atoms with Crippen LogP contribution in [-0.4, -0.2) is 53.4 Å². The molecule has 2 aromatic carbocycles. The summed E-state index contributed by atoms with van der Waals surface area (Å²) in [6, 6.07) is 16.9. The van der Waals surface area contributed by atoms with E-state index in [1.54, 1.807) is 36.0 Å². The first-order valence-corrected chi connectivity index (χ1v) is 12.5. The minimum absolute atomic E-state index is 0.0366. The van der Waals surface area contributed by atoms with Crippen LogP contribution >= 0.6 is 11.6 Å². The number of ether oxygens (including phenoxy) is 2. The number of imide groups is 1. The Morgan fingerprint density at radius 3 is 2.53 bits per heavy atom. The van der Waals surface area contributed by atoms with Crippen LogP contribution in [0.5, 0.6) is 5.75 Å². The average Bonchev–Trinajstić information content (AvgIpc) is 3.35. The fourth-order valence-corrected chi connectivity index (χ4v) is 4.31. The molecule has 2 amide bonds. The first-order valence-electron chi connectivity index (χ1n) is 12.2. The molecule has 4 rings (SSSR count). The number of hydrogen-bond acceptors (Lipinski definition) is 6. The van der Waals surface area contributed by atoms with Gasteiger partial charge in [0.25, 0.3) is 11.8 Å². The Bertz CT molecular complexity index is 1470. The third-order valence-corrected chi connectivity index (χ3v) is 6.37. The molecule has 0 atom stereocenters. The van der Waals surface area contributed by atoms with Crippen molar-refractivity contribution < 1.29 is 19.1 Å². The van der Waals surface area contributed by atoms with Crippen LogP contribution in [0.25, 0.3) is 23.0 Å². The number of amides is 2. The van der Waals surface area contributed by atoms with E-state index >= 15 is 0 Å². The molecule has 0 N–H and O–H groups in total. The topological polar surface area (TPSA) is 97.4 Å². The van der Waals surface area contributed by atoms with Gasteiger partial charge in [-0.15, -0.1) is 0 Å². The predicted molar refractivity (Wildman–Crippen MR) is 145 cm³/mol. The van der Waals surface area contributed by atoms with Gasteiger partial charge in [0.1, 0.15) is 23.1 Å². The zero-order chi connectivity index (χ0) is 27.2. The van der Waals surface area contributed by atoms with Crippen LogP contribution in [0.3, 0.4) is 0 Å². The van der Waals surface area contributed by atoms with E-state index in [0.717, 1.165) is 22.6 Å². The van der Waals surface area contributed by atoms with E-state index in [2.05, 4.69) is 0 Å². The number of rotatable bonds is 9. The Morgan fingerprint density at radius 2 is 1.87 bits per heavy atom. The molecule has 0 radical (unpaired) electrons. The number of nitrogens with zero attached hydrogens (tertiary/aromatic N) is 4. The molecule has 0 saturated heterocycles. The van der Waals surface area contributed by atoms with Crippen molar-refractivity contribution in [2.24, 2.45) is 0 Å². The summed E-state index contributed by atoms with van der Waals surface area (Å²) in [4.78, 5) is 27.3. The van der Waals surface area contributed by atoms with Crippen LogP contribution in [0.4, 0.5) is 0 Å². The number of hydrogen-bond donors (Lipinski definition) is 0. The van der Waals surface area contributed by atoms with Crippen molar-refractivity contribution in [2.45, 2.75) is 20.3 Å². The van der Waals surface area contributed by atoms with E-state index in [1.165, 1.54) is 7.11 Å². The molecule has 0 bridgehead atoms. The lowest BCUT2D eigenvalue weighted by atomic mass is 9.93. The average molecular weight is 531 g/mol. The number of halogens is 1. The van der Waals surface area contributed by atoms with Gasteiger partial charge < -0.3 is 9.47 Å². The van der Waals surface area contributed by atoms with Crippen LogP contribution < -0.4 is 4.74 Å². The highest BCUT2D eigenvalue weighted by Gasteiger charge is 2.35. The van der Waals surface area contributed by atoms with Gasteiger partial charge in [0.05, 0.1) is 30.5 Å². The molecule has 194 valence electrons. The molecule has 1 aromatic heterocycles. The van der Waals surface area contributed by atoms with Gasteiger partial charge >= 0.3 is 0 Å². The summed E-state index contributed by atoms with van der Waals surface area (Å²) in [6.07, 6.45) is 4.32. The van der Waals surface area contributed by atoms with Crippen LogP contribution in [-0.2, 0) is 14.3 Å². The number of nitriles is 1. The van der Waals surface area contributed by atoms with Gasteiger partial charge in [-0.25, -0.2) is 4.68 Å². The van der Waals surface area contributed by atoms with E-state index < -0.39 is 11.8 Å². The largest absolute Gasteiger partial charge is 0.492 e. The summed E-state index contributed by atoms with van der Waals surface area (Å²) >= 11 is 6.52. The quantitative estimate of drug-likeness (QED) is 0.278. The molecule has 2 heterocycles. The van der Waals surface area contributed by atoms with Crippen molar-refractivity contribution in [3.63, 3.8) is 0 Å². The smallest absolute Gasteiger partial charge is 0.271 e. The Hall–Kier alpha value is -4.19. The standard InChI is InChI=1S/C29H27ClN4O4/c1-4-13-38-26-11-10-20(16-25(26)30)27-21(18-34(32-27)22-8-6-5-7-9-22)15-23-19(2)24(17-31)29(36)33(28(23)35)12-14-37-3/h5-11,15-16,18H,4,12-14H2,1-3H3/b23-15+. The highest BCUT2D eigenvalue weighted by Crippen LogP contribution is 2.34. The van der Waals surface area contributed by atoms with E-state index in [-0.39, 0.29) is 24.3 Å². The monoisotopic (exact) mass is 530 g/mol. The van der Waals surface area contributed by atoms with E-state index in [0.29, 0.717) is 34.2 Å². The zero-order valence-corrected chi connectivity index (χ0v) is 22.2. The predicted octanol–water partition coefficient (Wildman–Crippen LogP) is 5.22. The Kier molecular flexibility index (Phi) is 8.41. The van der Waals surface area contributed by atoms with Gasteiger partial charge in [0.2, 0.25) is 0 Å². The maximum atomic E-state index is 13.4. The summed E-state index contributed by atoms with van der Waals surface area (Å²) in [5, 5.41) is 14.9. The number of para-hydroxylation sites is 1. The van der Waals surface area contributed by atoms with Gasteiger partial charge in [0, 0.05) is 30.0 Å². The Labute approximate surface area is 226 Å². The number of aromatic nitrogens is 2. The van der Waals surface area contributed by atoms with Crippen LogP contribution in [0.15, 0.2) is 71.4 Å². The van der Waals surface area contributed by atoms with Crippen molar-refractivity contribution in [3.05, 3.63) is 82.0 Å². The molecule has 3 aromatic rings. The molecule has 1 aliphatic heterocycles. The summed E-state index contributed by atoms with van der Waals surface area (Å²) in [7, 11) is 1.48. The van der Waals surface area contributed by atoms with Crippen molar-refractivity contribution in [1.82, 2.24) is 14.7 Å². The van der Waals surface area contributed by atoms with Crippen molar-refractivity contribution in [3.8, 4) is 28.8 Å². The lowest BCUT2D eigenvalue weighted by molar-refractivity contribution is -0.141. The Balaban J connectivity index is 1.87. The zero-order valence-electron chi connectivity index (χ0n) is 21.4. The second-order valence-corrected chi connectivity index (χ2v) is 9.04. The van der Waals surface area contributed by atoms with Gasteiger partial charge in [-0.05, 0) is 55.3 Å². The second-order valence-electron chi connectivity index (χ2n) is 8.63. The molecule has 38 heavy (non-hydrogen) atoms. The lowest BCUT2D eigenvalue weighted by Gasteiger charge is -2.27. The van der Waals surface area contributed by atoms with Crippen molar-refractivity contribution in [1.29, 1.82) is 5.26 Å². The van der Waals surface area contributed by atoms with E-state index in [4.69, 9.17) is 26.2 Å². The highest BCUT2D eigenvalue weighted by molar-refractivity contribution is 6.32. The normalized spacial score (nSPS) is 14.8. The van der Waals surface area contributed by atoms with Crippen LogP contribution in [0, 0.1) is 11.3 Å². The first kappa shape index (κ1) is 26.9. The van der Waals surface area contributed by atoms with Gasteiger partial charge in [-0.1, -0.05) is 36.7 Å². The molecule has 0 fully saturated rings. The minimum Gasteiger partial charge on any atom is -0.492 e. The fourth-order valence-electron chi connectivity index (χ4n) is 4.08. The summed E-state index contributed by atoms with van der Waals surface area (Å²) in [6.45, 7) is 4.36. The van der Waals surface area contributed by atoms with Gasteiger partial charge in [-0.2, -0.15) is 10.4 Å². The molecule has 0 spiro atoms. The van der Waals surface area contributed by atoms with E-state index in [9.17, 15) is 14.9 Å². The number of carbonyl (C=O) groups is 2. The van der Waals surface area contributed by atoms with Crippen LogP contribution in [0.2, 0.25) is 5.02 Å². The maximum absolute atomic E-state index is 13.4. The lowest BCUT2D eigenvalue weighted by Crippen LogP contribution is -2.44. The molecule has 9 heteroatoms. The Morgan fingerprint density at radius 1 is 1.11 bits per heavy atom. The molecule has 8 nitrogen and oxygen atoms in total. The number of carbonyl (C=O) groups excluding carboxylic acids is 2. The van der Waals surface area contributed by atoms with Gasteiger partial charge in [0.15, 0.2) is 0 Å². The van der Waals surface area contributed by atoms with Gasteiger partial charge in [-0.3, -0.25) is 14.5 Å². The van der Waals surface area contributed by atoms with Crippen LogP contribution in [0.1, 0.15) is 25.8 Å². The molecule has 1 aliphatic rings. The first-order chi connectivity index (χ1) is 18.4. The van der Waals surface area contributed by atoms with Crippen molar-refractivity contribution in [2.75, 3.05) is 26.9 Å². The number of methoxy groups -OCH3 is 1. The van der Waals surface area contributed by atoms with E-state index in [1.807, 2.05) is 49.4 Å². The summed E-state index contributed by atoms with van der Waals surface area (Å²) in [5.74, 6) is -0.547. The molecular formula is C29H27ClN4O4. The second kappa shape index (κ2) is 11.9. The SMILES string of the molecule is CCCOc1ccc(-c2nn(-c3ccccc3)cc2/C=C2/C(=O)N(CCOC)C(=O)C(C#N)=C2C)cc1Cl. The fraction of sp³-hybridized carbons (Fsp3) is 0.241. The number of benzene rings is 2.